The van der Waals surface area contributed by atoms with E-state index in [0.717, 1.165) is 33.2 Å². The van der Waals surface area contributed by atoms with Crippen molar-refractivity contribution in [3.05, 3.63) is 58.1 Å². The largest absolute Gasteiger partial charge is 0.494 e. The molecule has 7 heteroatoms. The molecule has 5 rings (SSSR count). The monoisotopic (exact) mass is 453 g/mol. The summed E-state index contributed by atoms with van der Waals surface area (Å²) in [5.41, 5.74) is 4.51. The quantitative estimate of drug-likeness (QED) is 0.409. The zero-order valence-corrected chi connectivity index (χ0v) is 17.5. The molecule has 2 aromatic carbocycles. The van der Waals surface area contributed by atoms with Crippen molar-refractivity contribution in [1.82, 2.24) is 4.98 Å². The highest BCUT2D eigenvalue weighted by molar-refractivity contribution is 9.10. The number of hydrogen-bond donors (Lipinski definition) is 3. The first-order valence-corrected chi connectivity index (χ1v) is 10.7. The molecule has 0 amide bonds. The maximum Gasteiger partial charge on any atom is 0.199 e. The van der Waals surface area contributed by atoms with Gasteiger partial charge in [-0.3, -0.25) is 0 Å². The number of hydrogen-bond acceptors (Lipinski definition) is 4. The summed E-state index contributed by atoms with van der Waals surface area (Å²) in [5, 5.41) is 16.0. The van der Waals surface area contributed by atoms with Crippen LogP contribution in [0, 0.1) is 0 Å². The van der Waals surface area contributed by atoms with Crippen molar-refractivity contribution < 1.29 is 14.8 Å². The number of aliphatic imine (C=N–C) groups is 1. The van der Waals surface area contributed by atoms with Crippen molar-refractivity contribution in [2.24, 2.45) is 10.1 Å². The second-order valence-electron chi connectivity index (χ2n) is 7.47. The van der Waals surface area contributed by atoms with Gasteiger partial charge in [0.2, 0.25) is 0 Å². The van der Waals surface area contributed by atoms with Crippen LogP contribution in [0.4, 0.5) is 5.69 Å². The molecule has 0 atom stereocenters. The lowest BCUT2D eigenvalue weighted by Crippen LogP contribution is -3.10. The summed E-state index contributed by atoms with van der Waals surface area (Å²) < 4.78 is 0.885. The molecule has 3 heterocycles. The molecule has 6 nitrogen and oxygen atoms in total. The van der Waals surface area contributed by atoms with E-state index in [0.29, 0.717) is 23.6 Å². The van der Waals surface area contributed by atoms with Crippen molar-refractivity contribution in [3.63, 3.8) is 0 Å². The Balaban J connectivity index is 1.50. The third-order valence-electron chi connectivity index (χ3n) is 5.63. The van der Waals surface area contributed by atoms with Crippen LogP contribution in [0.15, 0.2) is 57.1 Å². The standard InChI is InChI=1S/C22H21BrN4O2/c23-16-8-5-7-15-18(22(28)25-19(15)16)21-20(14-6-1-2-9-17(14)24-21)26-29-13-12-27-10-3-4-11-27/h1-2,5-9,25,28H,3-4,10-13H2/p+1/b26-20+. The molecule has 2 aliphatic rings. The minimum Gasteiger partial charge on any atom is -0.494 e. The number of quaternary nitrogens is 1. The molecule has 148 valence electrons. The third kappa shape index (κ3) is 3.34. The average molecular weight is 454 g/mol. The van der Waals surface area contributed by atoms with E-state index in [1.165, 1.54) is 25.9 Å². The minimum absolute atomic E-state index is 0.0765. The maximum atomic E-state index is 10.7. The van der Waals surface area contributed by atoms with E-state index in [1.54, 1.807) is 4.90 Å². The highest BCUT2D eigenvalue weighted by Crippen LogP contribution is 2.37. The molecule has 0 unspecified atom stereocenters. The fourth-order valence-electron chi connectivity index (χ4n) is 4.17. The number of H-pyrrole nitrogens is 1. The molecule has 1 fully saturated rings. The molecule has 0 spiro atoms. The van der Waals surface area contributed by atoms with Crippen LogP contribution >= 0.6 is 15.9 Å². The number of para-hydroxylation sites is 2. The van der Waals surface area contributed by atoms with Gasteiger partial charge in [-0.15, -0.1) is 0 Å². The summed E-state index contributed by atoms with van der Waals surface area (Å²) in [7, 11) is 0. The number of nitrogens with one attached hydrogen (secondary N) is 2. The molecule has 2 aliphatic heterocycles. The van der Waals surface area contributed by atoms with Gasteiger partial charge in [-0.2, -0.15) is 0 Å². The van der Waals surface area contributed by atoms with Crippen molar-refractivity contribution in [2.75, 3.05) is 26.2 Å². The maximum absolute atomic E-state index is 10.7. The number of aromatic hydroxyl groups is 1. The predicted octanol–water partition coefficient (Wildman–Crippen LogP) is 3.17. The van der Waals surface area contributed by atoms with E-state index in [4.69, 9.17) is 9.83 Å². The van der Waals surface area contributed by atoms with Gasteiger partial charge in [-0.05, 0) is 28.1 Å². The summed E-state index contributed by atoms with van der Waals surface area (Å²) in [6.45, 7) is 3.96. The Bertz CT molecular complexity index is 1130. The second-order valence-corrected chi connectivity index (χ2v) is 8.32. The first kappa shape index (κ1) is 18.4. The first-order chi connectivity index (χ1) is 14.2. The molecule has 0 aliphatic carbocycles. The Labute approximate surface area is 177 Å². The van der Waals surface area contributed by atoms with Crippen LogP contribution in [0.3, 0.4) is 0 Å². The molecule has 1 saturated heterocycles. The Morgan fingerprint density at radius 2 is 1.97 bits per heavy atom. The lowest BCUT2D eigenvalue weighted by Gasteiger charge is -2.11. The summed E-state index contributed by atoms with van der Waals surface area (Å²) in [6, 6.07) is 13.7. The summed E-state index contributed by atoms with van der Waals surface area (Å²) in [6.07, 6.45) is 2.59. The van der Waals surface area contributed by atoms with Crippen molar-refractivity contribution in [3.8, 4) is 5.88 Å². The number of fused-ring (bicyclic) bond motifs is 2. The second kappa shape index (κ2) is 7.65. The molecule has 3 N–H and O–H groups in total. The van der Waals surface area contributed by atoms with Gasteiger partial charge >= 0.3 is 0 Å². The van der Waals surface area contributed by atoms with Gasteiger partial charge < -0.3 is 19.8 Å². The zero-order valence-electron chi connectivity index (χ0n) is 15.9. The van der Waals surface area contributed by atoms with Gasteiger partial charge in [-0.1, -0.05) is 35.5 Å². The van der Waals surface area contributed by atoms with Crippen molar-refractivity contribution >= 4 is 43.9 Å². The van der Waals surface area contributed by atoms with Crippen molar-refractivity contribution in [2.45, 2.75) is 12.8 Å². The molecule has 0 bridgehead atoms. The molecule has 29 heavy (non-hydrogen) atoms. The van der Waals surface area contributed by atoms with Gasteiger partial charge in [0.05, 0.1) is 29.9 Å². The van der Waals surface area contributed by atoms with Crippen LogP contribution in [-0.4, -0.2) is 47.8 Å². The van der Waals surface area contributed by atoms with E-state index in [2.05, 4.69) is 26.1 Å². The van der Waals surface area contributed by atoms with E-state index >= 15 is 0 Å². The highest BCUT2D eigenvalue weighted by Gasteiger charge is 2.29. The van der Waals surface area contributed by atoms with E-state index in [1.807, 2.05) is 42.5 Å². The van der Waals surface area contributed by atoms with Crippen LogP contribution < -0.4 is 4.90 Å². The van der Waals surface area contributed by atoms with Gasteiger partial charge in [0.25, 0.3) is 0 Å². The number of aromatic amines is 1. The normalized spacial score (nSPS) is 17.8. The Morgan fingerprint density at radius 1 is 1.14 bits per heavy atom. The van der Waals surface area contributed by atoms with Gasteiger partial charge in [-0.25, -0.2) is 4.99 Å². The molecular weight excluding hydrogens is 432 g/mol. The number of aromatic nitrogens is 1. The number of nitrogens with zero attached hydrogens (tertiary/aromatic N) is 2. The molecule has 1 aromatic heterocycles. The SMILES string of the molecule is Oc1[nH]c2c(Br)cccc2c1C1=Nc2ccccc2/C1=N\OCC[NH+]1CCCC1. The highest BCUT2D eigenvalue weighted by atomic mass is 79.9. The fraction of sp³-hybridized carbons (Fsp3) is 0.273. The van der Waals surface area contributed by atoms with E-state index in [-0.39, 0.29) is 5.88 Å². The van der Waals surface area contributed by atoms with Gasteiger partial charge in [0.15, 0.2) is 12.5 Å². The molecule has 0 saturated carbocycles. The minimum atomic E-state index is 0.0765. The number of halogens is 1. The van der Waals surface area contributed by atoms with Gasteiger partial charge in [0.1, 0.15) is 18.0 Å². The van der Waals surface area contributed by atoms with Crippen LogP contribution in [-0.2, 0) is 4.84 Å². The Kier molecular flexibility index (Phi) is 4.85. The van der Waals surface area contributed by atoms with Crippen LogP contribution in [0.2, 0.25) is 0 Å². The first-order valence-electron chi connectivity index (χ1n) is 9.94. The summed E-state index contributed by atoms with van der Waals surface area (Å²) >= 11 is 3.54. The summed E-state index contributed by atoms with van der Waals surface area (Å²) in [5.74, 6) is 0.0765. The van der Waals surface area contributed by atoms with E-state index < -0.39 is 0 Å². The molecule has 3 aromatic rings. The fourth-order valence-corrected chi connectivity index (χ4v) is 4.64. The Morgan fingerprint density at radius 3 is 2.83 bits per heavy atom. The lowest BCUT2D eigenvalue weighted by atomic mass is 10.0. The van der Waals surface area contributed by atoms with Crippen LogP contribution in [0.5, 0.6) is 5.88 Å². The number of likely N-dealkylation sites (tertiary alicyclic amines) is 1. The topological polar surface area (TPSA) is 74.4 Å². The Hall–Kier alpha value is -2.64. The number of rotatable bonds is 5. The van der Waals surface area contributed by atoms with Crippen LogP contribution in [0.25, 0.3) is 10.9 Å². The lowest BCUT2D eigenvalue weighted by molar-refractivity contribution is -0.887. The van der Waals surface area contributed by atoms with Gasteiger partial charge in [0, 0.05) is 28.3 Å². The number of benzene rings is 2. The zero-order chi connectivity index (χ0) is 19.8. The van der Waals surface area contributed by atoms with Crippen molar-refractivity contribution in [1.29, 1.82) is 0 Å². The number of oxime groups is 1. The van der Waals surface area contributed by atoms with Crippen LogP contribution in [0.1, 0.15) is 24.0 Å². The summed E-state index contributed by atoms with van der Waals surface area (Å²) in [4.78, 5) is 15.1. The smallest absolute Gasteiger partial charge is 0.199 e. The van der Waals surface area contributed by atoms with E-state index in [9.17, 15) is 5.11 Å². The molecular formula is C22H22BrN4O2+. The molecule has 0 radical (unpaired) electrons. The predicted molar refractivity (Wildman–Crippen MR) is 118 cm³/mol. The third-order valence-corrected chi connectivity index (χ3v) is 6.29. The average Bonchev–Trinajstić information content (AvgIpc) is 3.43.